The van der Waals surface area contributed by atoms with Gasteiger partial charge in [-0.3, -0.25) is 4.79 Å². The molecule has 156 valence electrons. The third-order valence-electron chi connectivity index (χ3n) is 3.95. The fourth-order valence-corrected chi connectivity index (χ4v) is 3.37. The van der Waals surface area contributed by atoms with Crippen LogP contribution in [0, 0.1) is 0 Å². The molecule has 0 bridgehead atoms. The van der Waals surface area contributed by atoms with Gasteiger partial charge in [-0.2, -0.15) is 0 Å². The molecule has 6 nitrogen and oxygen atoms in total. The number of nitrogens with one attached hydrogen (secondary N) is 1. The SMILES string of the molecule is CCCc1ccc(OCC(=O)Nc2cc(OC)c(C(=O)OCC)cc2Cl)c(Br)c1. The van der Waals surface area contributed by atoms with Crippen molar-refractivity contribution < 1.29 is 23.8 Å². The first-order valence-corrected chi connectivity index (χ1v) is 10.3. The van der Waals surface area contributed by atoms with Crippen LogP contribution < -0.4 is 14.8 Å². The molecule has 0 fully saturated rings. The molecule has 0 heterocycles. The lowest BCUT2D eigenvalue weighted by Crippen LogP contribution is -2.20. The van der Waals surface area contributed by atoms with Crippen molar-refractivity contribution in [1.29, 1.82) is 0 Å². The van der Waals surface area contributed by atoms with Crippen molar-refractivity contribution in [3.8, 4) is 11.5 Å². The Morgan fingerprint density at radius 2 is 1.90 bits per heavy atom. The highest BCUT2D eigenvalue weighted by Gasteiger charge is 2.18. The third-order valence-corrected chi connectivity index (χ3v) is 4.88. The van der Waals surface area contributed by atoms with Gasteiger partial charge in [0.2, 0.25) is 0 Å². The van der Waals surface area contributed by atoms with E-state index in [2.05, 4.69) is 28.2 Å². The molecular weight excluding hydrogens is 462 g/mol. The lowest BCUT2D eigenvalue weighted by atomic mass is 10.1. The summed E-state index contributed by atoms with van der Waals surface area (Å²) in [6, 6.07) is 8.65. The van der Waals surface area contributed by atoms with Gasteiger partial charge in [0.1, 0.15) is 17.1 Å². The number of carbonyl (C=O) groups excluding carboxylic acids is 2. The Hall–Kier alpha value is -2.25. The average molecular weight is 485 g/mol. The summed E-state index contributed by atoms with van der Waals surface area (Å²) in [6.45, 7) is 3.84. The second-order valence-corrected chi connectivity index (χ2v) is 7.37. The van der Waals surface area contributed by atoms with Crippen LogP contribution in [0.2, 0.25) is 5.02 Å². The Morgan fingerprint density at radius 1 is 1.14 bits per heavy atom. The van der Waals surface area contributed by atoms with E-state index >= 15 is 0 Å². The van der Waals surface area contributed by atoms with Crippen LogP contribution in [0.5, 0.6) is 11.5 Å². The van der Waals surface area contributed by atoms with Gasteiger partial charge in [0.15, 0.2) is 6.61 Å². The maximum atomic E-state index is 12.3. The van der Waals surface area contributed by atoms with Crippen LogP contribution in [0.25, 0.3) is 0 Å². The monoisotopic (exact) mass is 483 g/mol. The number of esters is 1. The number of benzene rings is 2. The molecule has 0 aromatic heterocycles. The van der Waals surface area contributed by atoms with E-state index in [1.165, 1.54) is 24.8 Å². The summed E-state index contributed by atoms with van der Waals surface area (Å²) in [5, 5.41) is 2.85. The molecular formula is C21H23BrClNO5. The highest BCUT2D eigenvalue weighted by atomic mass is 79.9. The van der Waals surface area contributed by atoms with Crippen molar-refractivity contribution in [2.24, 2.45) is 0 Å². The number of carbonyl (C=O) groups is 2. The number of hydrogen-bond acceptors (Lipinski definition) is 5. The summed E-state index contributed by atoms with van der Waals surface area (Å²) in [4.78, 5) is 24.3. The van der Waals surface area contributed by atoms with E-state index in [1.807, 2.05) is 18.2 Å². The number of ether oxygens (including phenoxy) is 3. The van der Waals surface area contributed by atoms with Crippen molar-refractivity contribution in [3.63, 3.8) is 0 Å². The molecule has 8 heteroatoms. The summed E-state index contributed by atoms with van der Waals surface area (Å²) in [5.74, 6) is -0.133. The van der Waals surface area contributed by atoms with Gasteiger partial charge in [0.05, 0.1) is 28.9 Å². The average Bonchev–Trinajstić information content (AvgIpc) is 2.69. The molecule has 29 heavy (non-hydrogen) atoms. The van der Waals surface area contributed by atoms with Gasteiger partial charge >= 0.3 is 5.97 Å². The topological polar surface area (TPSA) is 73.9 Å². The Balaban J connectivity index is 2.06. The number of amides is 1. The Morgan fingerprint density at radius 3 is 2.52 bits per heavy atom. The van der Waals surface area contributed by atoms with E-state index in [0.29, 0.717) is 11.4 Å². The second-order valence-electron chi connectivity index (χ2n) is 6.10. The van der Waals surface area contributed by atoms with Gasteiger partial charge in [-0.25, -0.2) is 4.79 Å². The Labute approximate surface area is 183 Å². The number of rotatable bonds is 9. The van der Waals surface area contributed by atoms with Crippen molar-refractivity contribution in [3.05, 3.63) is 51.0 Å². The molecule has 2 aromatic carbocycles. The molecule has 0 saturated heterocycles. The number of methoxy groups -OCH3 is 1. The van der Waals surface area contributed by atoms with E-state index in [-0.39, 0.29) is 29.5 Å². The summed E-state index contributed by atoms with van der Waals surface area (Å²) in [5.41, 5.74) is 1.68. The number of anilines is 1. The van der Waals surface area contributed by atoms with Crippen LogP contribution in [0.1, 0.15) is 36.2 Å². The number of aryl methyl sites for hydroxylation is 1. The minimum absolute atomic E-state index is 0.185. The molecule has 0 aliphatic heterocycles. The minimum atomic E-state index is -0.552. The van der Waals surface area contributed by atoms with Crippen LogP contribution in [0.15, 0.2) is 34.8 Å². The van der Waals surface area contributed by atoms with E-state index < -0.39 is 11.9 Å². The predicted molar refractivity (Wildman–Crippen MR) is 116 cm³/mol. The zero-order valence-corrected chi connectivity index (χ0v) is 18.9. The largest absolute Gasteiger partial charge is 0.496 e. The van der Waals surface area contributed by atoms with Gasteiger partial charge in [0, 0.05) is 6.07 Å². The first-order valence-electron chi connectivity index (χ1n) is 9.15. The predicted octanol–water partition coefficient (Wildman–Crippen LogP) is 5.26. The Bertz CT molecular complexity index is 888. The van der Waals surface area contributed by atoms with Crippen molar-refractivity contribution >= 4 is 45.1 Å². The summed E-state index contributed by atoms with van der Waals surface area (Å²) < 4.78 is 16.6. The fraction of sp³-hybridized carbons (Fsp3) is 0.333. The zero-order valence-electron chi connectivity index (χ0n) is 16.5. The maximum Gasteiger partial charge on any atom is 0.341 e. The molecule has 2 aromatic rings. The first-order chi connectivity index (χ1) is 13.9. The summed E-state index contributed by atoms with van der Waals surface area (Å²) in [7, 11) is 1.42. The molecule has 0 radical (unpaired) electrons. The van der Waals surface area contributed by atoms with Gasteiger partial charge in [-0.1, -0.05) is 31.0 Å². The van der Waals surface area contributed by atoms with E-state index in [9.17, 15) is 9.59 Å². The molecule has 1 N–H and O–H groups in total. The maximum absolute atomic E-state index is 12.3. The van der Waals surface area contributed by atoms with Crippen molar-refractivity contribution in [1.82, 2.24) is 0 Å². The van der Waals surface area contributed by atoms with Gasteiger partial charge in [-0.05, 0) is 53.0 Å². The van der Waals surface area contributed by atoms with Crippen LogP contribution in [0.3, 0.4) is 0 Å². The normalized spacial score (nSPS) is 10.4. The van der Waals surface area contributed by atoms with E-state index in [4.69, 9.17) is 25.8 Å². The molecule has 0 aliphatic carbocycles. The van der Waals surface area contributed by atoms with Gasteiger partial charge < -0.3 is 19.5 Å². The highest BCUT2D eigenvalue weighted by Crippen LogP contribution is 2.32. The molecule has 0 unspecified atom stereocenters. The smallest absolute Gasteiger partial charge is 0.341 e. The Kier molecular flexibility index (Phi) is 8.79. The molecule has 0 atom stereocenters. The molecule has 1 amide bonds. The third kappa shape index (κ3) is 6.37. The minimum Gasteiger partial charge on any atom is -0.496 e. The van der Waals surface area contributed by atoms with Crippen LogP contribution in [0.4, 0.5) is 5.69 Å². The van der Waals surface area contributed by atoms with E-state index in [1.54, 1.807) is 6.92 Å². The molecule has 0 spiro atoms. The van der Waals surface area contributed by atoms with Crippen molar-refractivity contribution in [2.75, 3.05) is 25.6 Å². The van der Waals surface area contributed by atoms with Crippen molar-refractivity contribution in [2.45, 2.75) is 26.7 Å². The zero-order chi connectivity index (χ0) is 21.4. The van der Waals surface area contributed by atoms with Gasteiger partial charge in [-0.15, -0.1) is 0 Å². The van der Waals surface area contributed by atoms with Gasteiger partial charge in [0.25, 0.3) is 5.91 Å². The standard InChI is InChI=1S/C21H23BrClNO5/c1-4-6-13-7-8-18(15(22)9-13)29-12-20(25)24-17-11-19(27-3)14(10-16(17)23)21(26)28-5-2/h7-11H,4-6,12H2,1-3H3,(H,24,25). The molecule has 0 aliphatic rings. The quantitative estimate of drug-likeness (QED) is 0.492. The molecule has 2 rings (SSSR count). The molecule has 0 saturated carbocycles. The highest BCUT2D eigenvalue weighted by molar-refractivity contribution is 9.10. The van der Waals surface area contributed by atoms with E-state index in [0.717, 1.165) is 17.3 Å². The number of halogens is 2. The summed E-state index contributed by atoms with van der Waals surface area (Å²) in [6.07, 6.45) is 2.02. The lowest BCUT2D eigenvalue weighted by molar-refractivity contribution is -0.118. The van der Waals surface area contributed by atoms with Crippen LogP contribution in [-0.2, 0) is 16.0 Å². The summed E-state index contributed by atoms with van der Waals surface area (Å²) >= 11 is 9.67. The van der Waals surface area contributed by atoms with Crippen LogP contribution >= 0.6 is 27.5 Å². The van der Waals surface area contributed by atoms with Crippen LogP contribution in [-0.4, -0.2) is 32.2 Å². The number of hydrogen-bond donors (Lipinski definition) is 1. The fourth-order valence-electron chi connectivity index (χ4n) is 2.62. The first kappa shape index (κ1) is 23.0. The lowest BCUT2D eigenvalue weighted by Gasteiger charge is -2.14. The second kappa shape index (κ2) is 11.1.